The molecule has 2 aromatic heterocycles. The van der Waals surface area contributed by atoms with Crippen molar-refractivity contribution in [2.45, 2.75) is 13.1 Å². The fourth-order valence-electron chi connectivity index (χ4n) is 4.06. The number of nitrogens with one attached hydrogen (secondary N) is 1. The topological polar surface area (TPSA) is 65.1 Å². The zero-order chi connectivity index (χ0) is 21.0. The number of anilines is 1. The molecule has 2 aromatic carbocycles. The van der Waals surface area contributed by atoms with Gasteiger partial charge in [0.25, 0.3) is 5.91 Å². The first-order valence-corrected chi connectivity index (χ1v) is 10.4. The van der Waals surface area contributed by atoms with Crippen molar-refractivity contribution < 1.29 is 4.79 Å². The first-order chi connectivity index (χ1) is 15.3. The van der Waals surface area contributed by atoms with Crippen LogP contribution >= 0.6 is 37.2 Å². The van der Waals surface area contributed by atoms with Crippen molar-refractivity contribution >= 4 is 48.8 Å². The van der Waals surface area contributed by atoms with E-state index in [1.165, 1.54) is 5.56 Å². The Morgan fingerprint density at radius 3 is 2.41 bits per heavy atom. The summed E-state index contributed by atoms with van der Waals surface area (Å²) in [5.41, 5.74) is 6.26. The van der Waals surface area contributed by atoms with E-state index in [4.69, 9.17) is 0 Å². The van der Waals surface area contributed by atoms with Crippen LogP contribution in [0.1, 0.15) is 21.6 Å². The van der Waals surface area contributed by atoms with Gasteiger partial charge in [-0.25, -0.2) is 4.98 Å². The smallest absolute Gasteiger partial charge is 0.255 e. The molecule has 1 N–H and O–H groups in total. The Morgan fingerprint density at radius 1 is 0.882 bits per heavy atom. The van der Waals surface area contributed by atoms with E-state index >= 15 is 0 Å². The minimum Gasteiger partial charge on any atom is -0.364 e. The van der Waals surface area contributed by atoms with E-state index in [0.29, 0.717) is 25.2 Å². The molecule has 9 heteroatoms. The molecule has 1 aliphatic rings. The van der Waals surface area contributed by atoms with E-state index in [0.717, 1.165) is 29.1 Å². The summed E-state index contributed by atoms with van der Waals surface area (Å²) >= 11 is 0. The first kappa shape index (κ1) is 27.2. The highest BCUT2D eigenvalue weighted by molar-refractivity contribution is 5.94. The van der Waals surface area contributed by atoms with E-state index in [2.05, 4.69) is 50.2 Å². The molecule has 178 valence electrons. The number of aromatic nitrogens is 3. The standard InChI is InChI=1S/C25H23N5O.3ClH/c31-25(21-7-4-10-26-14-21)30-12-11-29(17-23-15-27-18-28-23)24-9-8-20(13-22(24)16-30)19-5-2-1-3-6-19;;;/h1-10,13-15,18H,11-12,16-17H2,(H,27,28);3*1H. The maximum Gasteiger partial charge on any atom is 0.255 e. The Kier molecular flexibility index (Phi) is 9.93. The minimum absolute atomic E-state index is 0. The molecule has 5 rings (SSSR count). The number of amides is 1. The van der Waals surface area contributed by atoms with Crippen molar-refractivity contribution in [1.29, 1.82) is 0 Å². The van der Waals surface area contributed by atoms with Gasteiger partial charge in [-0.2, -0.15) is 0 Å². The Balaban J connectivity index is 0.00000136. The summed E-state index contributed by atoms with van der Waals surface area (Å²) < 4.78 is 0. The number of carbonyl (C=O) groups excluding carboxylic acids is 1. The van der Waals surface area contributed by atoms with Gasteiger partial charge in [-0.3, -0.25) is 9.78 Å². The van der Waals surface area contributed by atoms with E-state index in [1.54, 1.807) is 24.8 Å². The molecule has 0 fully saturated rings. The molecule has 1 aliphatic heterocycles. The summed E-state index contributed by atoms with van der Waals surface area (Å²) in [6, 6.07) is 20.5. The summed E-state index contributed by atoms with van der Waals surface area (Å²) in [7, 11) is 0. The van der Waals surface area contributed by atoms with Gasteiger partial charge in [-0.1, -0.05) is 36.4 Å². The third-order valence-electron chi connectivity index (χ3n) is 5.64. The Bertz CT molecular complexity index is 1170. The Morgan fingerprint density at radius 2 is 1.71 bits per heavy atom. The van der Waals surface area contributed by atoms with Crippen LogP contribution in [-0.2, 0) is 13.1 Å². The fourth-order valence-corrected chi connectivity index (χ4v) is 4.06. The van der Waals surface area contributed by atoms with Gasteiger partial charge in [0.15, 0.2) is 0 Å². The van der Waals surface area contributed by atoms with Crippen molar-refractivity contribution in [3.63, 3.8) is 0 Å². The molecule has 6 nitrogen and oxygen atoms in total. The van der Waals surface area contributed by atoms with Crippen LogP contribution < -0.4 is 4.90 Å². The second kappa shape index (κ2) is 12.4. The van der Waals surface area contributed by atoms with Crippen LogP contribution in [0.25, 0.3) is 11.1 Å². The van der Waals surface area contributed by atoms with Crippen LogP contribution in [0.4, 0.5) is 5.69 Å². The predicted molar refractivity (Wildman–Crippen MR) is 142 cm³/mol. The second-order valence-corrected chi connectivity index (χ2v) is 7.68. The number of fused-ring (bicyclic) bond motifs is 1. The van der Waals surface area contributed by atoms with Gasteiger partial charge in [0, 0.05) is 43.9 Å². The molecular formula is C25H26Cl3N5O. The van der Waals surface area contributed by atoms with Crippen LogP contribution in [0, 0.1) is 0 Å². The number of rotatable bonds is 4. The van der Waals surface area contributed by atoms with Crippen LogP contribution in [-0.4, -0.2) is 38.8 Å². The zero-order valence-corrected chi connectivity index (χ0v) is 20.8. The highest BCUT2D eigenvalue weighted by Crippen LogP contribution is 2.31. The molecule has 4 aromatic rings. The minimum atomic E-state index is 0. The van der Waals surface area contributed by atoms with Crippen LogP contribution in [0.15, 0.2) is 85.6 Å². The zero-order valence-electron chi connectivity index (χ0n) is 18.3. The van der Waals surface area contributed by atoms with Gasteiger partial charge in [-0.15, -0.1) is 37.2 Å². The van der Waals surface area contributed by atoms with E-state index < -0.39 is 0 Å². The number of pyridine rings is 1. The monoisotopic (exact) mass is 517 g/mol. The van der Waals surface area contributed by atoms with E-state index in [9.17, 15) is 4.79 Å². The number of nitrogens with zero attached hydrogens (tertiary/aromatic N) is 4. The van der Waals surface area contributed by atoms with Crippen LogP contribution in [0.2, 0.25) is 0 Å². The molecule has 0 radical (unpaired) electrons. The number of hydrogen-bond donors (Lipinski definition) is 1. The Hall–Kier alpha value is -3.06. The number of H-pyrrole nitrogens is 1. The van der Waals surface area contributed by atoms with Crippen LogP contribution in [0.5, 0.6) is 0 Å². The average Bonchev–Trinajstić information content (AvgIpc) is 3.28. The van der Waals surface area contributed by atoms with Gasteiger partial charge in [0.1, 0.15) is 0 Å². The van der Waals surface area contributed by atoms with Gasteiger partial charge < -0.3 is 14.8 Å². The SMILES string of the molecule is Cl.Cl.Cl.O=C(c1cccnc1)N1CCN(Cc2cnc[nH]2)c2ccc(-c3ccccc3)cc2C1. The molecule has 1 amide bonds. The normalized spacial score (nSPS) is 12.4. The number of carbonyl (C=O) groups is 1. The molecule has 0 atom stereocenters. The number of hydrogen-bond acceptors (Lipinski definition) is 4. The molecule has 0 aliphatic carbocycles. The first-order valence-electron chi connectivity index (χ1n) is 10.4. The molecule has 3 heterocycles. The summed E-state index contributed by atoms with van der Waals surface area (Å²) in [6.07, 6.45) is 6.87. The number of imidazole rings is 1. The lowest BCUT2D eigenvalue weighted by molar-refractivity contribution is 0.0751. The molecule has 0 spiro atoms. The molecule has 0 saturated carbocycles. The lowest BCUT2D eigenvalue weighted by Crippen LogP contribution is -2.35. The van der Waals surface area contributed by atoms with Crippen molar-refractivity contribution in [2.75, 3.05) is 18.0 Å². The van der Waals surface area contributed by atoms with Gasteiger partial charge in [0.2, 0.25) is 0 Å². The summed E-state index contributed by atoms with van der Waals surface area (Å²) in [4.78, 5) is 28.9. The van der Waals surface area contributed by atoms with Gasteiger partial charge in [-0.05, 0) is 41.0 Å². The van der Waals surface area contributed by atoms with Crippen molar-refractivity contribution in [1.82, 2.24) is 19.9 Å². The number of aromatic amines is 1. The lowest BCUT2D eigenvalue weighted by atomic mass is 10.0. The van der Waals surface area contributed by atoms with Crippen molar-refractivity contribution in [2.24, 2.45) is 0 Å². The third-order valence-corrected chi connectivity index (χ3v) is 5.64. The highest BCUT2D eigenvalue weighted by atomic mass is 35.5. The summed E-state index contributed by atoms with van der Waals surface area (Å²) in [5.74, 6) is 0.00699. The molecular weight excluding hydrogens is 493 g/mol. The van der Waals surface area contributed by atoms with Crippen molar-refractivity contribution in [3.05, 3.63) is 102 Å². The quantitative estimate of drug-likeness (QED) is 0.393. The molecule has 0 unspecified atom stereocenters. The molecule has 34 heavy (non-hydrogen) atoms. The Labute approximate surface area is 217 Å². The van der Waals surface area contributed by atoms with E-state index in [1.807, 2.05) is 35.4 Å². The van der Waals surface area contributed by atoms with Crippen LogP contribution in [0.3, 0.4) is 0 Å². The number of benzene rings is 2. The molecule has 0 bridgehead atoms. The van der Waals surface area contributed by atoms with Gasteiger partial charge >= 0.3 is 0 Å². The second-order valence-electron chi connectivity index (χ2n) is 7.68. The average molecular weight is 519 g/mol. The van der Waals surface area contributed by atoms with Crippen molar-refractivity contribution in [3.8, 4) is 11.1 Å². The van der Waals surface area contributed by atoms with Gasteiger partial charge in [0.05, 0.1) is 24.1 Å². The summed E-state index contributed by atoms with van der Waals surface area (Å²) in [5, 5.41) is 0. The predicted octanol–water partition coefficient (Wildman–Crippen LogP) is 5.40. The third kappa shape index (κ3) is 5.89. The number of halogens is 3. The fraction of sp³-hybridized carbons (Fsp3) is 0.160. The maximum atomic E-state index is 13.2. The summed E-state index contributed by atoms with van der Waals surface area (Å²) in [6.45, 7) is 2.65. The lowest BCUT2D eigenvalue weighted by Gasteiger charge is -2.24. The van der Waals surface area contributed by atoms with E-state index in [-0.39, 0.29) is 43.1 Å². The highest BCUT2D eigenvalue weighted by Gasteiger charge is 2.24. The largest absolute Gasteiger partial charge is 0.364 e. The molecule has 0 saturated heterocycles. The maximum absolute atomic E-state index is 13.2.